The van der Waals surface area contributed by atoms with Crippen LogP contribution in [0.2, 0.25) is 0 Å². The topological polar surface area (TPSA) is 61.0 Å². The molecule has 3 rings (SSSR count). The van der Waals surface area contributed by atoms with Gasteiger partial charge in [0.2, 0.25) is 0 Å². The number of fused-ring (bicyclic) bond motifs is 1. The number of nitrogens with two attached hydrogens (primary N) is 1. The number of aromatic nitrogens is 2. The van der Waals surface area contributed by atoms with Gasteiger partial charge in [-0.25, -0.2) is 9.97 Å². The van der Waals surface area contributed by atoms with Crippen molar-refractivity contribution in [2.75, 3.05) is 12.8 Å². The Bertz CT molecular complexity index is 625. The summed E-state index contributed by atoms with van der Waals surface area (Å²) in [4.78, 5) is 9.17. The lowest BCUT2D eigenvalue weighted by molar-refractivity contribution is 0.417. The second kappa shape index (κ2) is 5.49. The van der Waals surface area contributed by atoms with Gasteiger partial charge in [-0.3, -0.25) is 0 Å². The number of hydrogen-bond donors (Lipinski definition) is 1. The highest BCUT2D eigenvalue weighted by Gasteiger charge is 2.12. The number of anilines is 1. The predicted molar refractivity (Wildman–Crippen MR) is 78.9 cm³/mol. The molecule has 1 heterocycles. The molecule has 0 bridgehead atoms. The van der Waals surface area contributed by atoms with Crippen molar-refractivity contribution in [3.8, 4) is 5.75 Å². The Morgan fingerprint density at radius 1 is 1.25 bits per heavy atom. The zero-order valence-electron chi connectivity index (χ0n) is 11.7. The van der Waals surface area contributed by atoms with Crippen LogP contribution in [0.4, 0.5) is 5.69 Å². The molecule has 0 aliphatic heterocycles. The van der Waals surface area contributed by atoms with Crippen LogP contribution < -0.4 is 10.5 Å². The van der Waals surface area contributed by atoms with Crippen LogP contribution in [0, 0.1) is 0 Å². The van der Waals surface area contributed by atoms with Crippen LogP contribution in [-0.2, 0) is 19.3 Å². The summed E-state index contributed by atoms with van der Waals surface area (Å²) in [5.74, 6) is 1.58. The first-order valence-corrected chi connectivity index (χ1v) is 7.02. The zero-order valence-corrected chi connectivity index (χ0v) is 11.7. The summed E-state index contributed by atoms with van der Waals surface area (Å²) in [7, 11) is 1.62. The Labute approximate surface area is 119 Å². The minimum atomic E-state index is 0.656. The number of hydrogen-bond acceptors (Lipinski definition) is 4. The predicted octanol–water partition coefficient (Wildman–Crippen LogP) is 2.54. The molecule has 2 N–H and O–H groups in total. The van der Waals surface area contributed by atoms with Gasteiger partial charge in [0, 0.05) is 18.3 Å². The highest BCUT2D eigenvalue weighted by atomic mass is 16.5. The van der Waals surface area contributed by atoms with E-state index in [1.165, 1.54) is 24.1 Å². The molecule has 2 aromatic rings. The molecule has 0 atom stereocenters. The molecule has 1 aromatic heterocycles. The third-order valence-corrected chi connectivity index (χ3v) is 3.77. The highest BCUT2D eigenvalue weighted by Crippen LogP contribution is 2.23. The largest absolute Gasteiger partial charge is 0.495 e. The highest BCUT2D eigenvalue weighted by molar-refractivity contribution is 5.54. The summed E-state index contributed by atoms with van der Waals surface area (Å²) in [6.07, 6.45) is 7.38. The van der Waals surface area contributed by atoms with E-state index in [1.807, 2.05) is 24.4 Å². The van der Waals surface area contributed by atoms with Crippen molar-refractivity contribution in [1.29, 1.82) is 0 Å². The maximum atomic E-state index is 5.93. The van der Waals surface area contributed by atoms with Crippen LogP contribution in [0.1, 0.15) is 35.5 Å². The van der Waals surface area contributed by atoms with Gasteiger partial charge in [-0.15, -0.1) is 0 Å². The molecule has 0 radical (unpaired) electrons. The minimum Gasteiger partial charge on any atom is -0.495 e. The maximum absolute atomic E-state index is 5.93. The molecule has 0 saturated heterocycles. The molecule has 20 heavy (non-hydrogen) atoms. The fourth-order valence-electron chi connectivity index (χ4n) is 2.68. The molecule has 1 aliphatic rings. The lowest BCUT2D eigenvalue weighted by Gasteiger charge is -2.14. The van der Waals surface area contributed by atoms with Gasteiger partial charge in [-0.1, -0.05) is 6.07 Å². The molecule has 0 amide bonds. The number of nitrogens with zero attached hydrogens (tertiary/aromatic N) is 2. The number of aryl methyl sites for hydroxylation is 2. The van der Waals surface area contributed by atoms with Crippen LogP contribution in [0.15, 0.2) is 24.4 Å². The summed E-state index contributed by atoms with van der Waals surface area (Å²) in [5, 5.41) is 0. The number of nitrogen functional groups attached to an aromatic ring is 1. The van der Waals surface area contributed by atoms with Crippen molar-refractivity contribution in [3.05, 3.63) is 47.0 Å². The SMILES string of the molecule is COc1ccc(Cc2ncc3c(n2)CCCC3)cc1N. The standard InChI is InChI=1S/C16H19N3O/c1-20-15-7-6-11(8-13(15)17)9-16-18-10-12-4-2-3-5-14(12)19-16/h6-8,10H,2-5,9,17H2,1H3. The van der Waals surface area contributed by atoms with E-state index in [9.17, 15) is 0 Å². The van der Waals surface area contributed by atoms with Gasteiger partial charge < -0.3 is 10.5 Å². The number of methoxy groups -OCH3 is 1. The first kappa shape index (κ1) is 12.9. The van der Waals surface area contributed by atoms with Crippen LogP contribution in [0.25, 0.3) is 0 Å². The molecule has 0 unspecified atom stereocenters. The Kier molecular flexibility index (Phi) is 3.54. The van der Waals surface area contributed by atoms with E-state index >= 15 is 0 Å². The van der Waals surface area contributed by atoms with Crippen LogP contribution in [0.5, 0.6) is 5.75 Å². The first-order chi connectivity index (χ1) is 9.76. The number of ether oxygens (including phenoxy) is 1. The summed E-state index contributed by atoms with van der Waals surface area (Å²) in [6.45, 7) is 0. The average molecular weight is 269 g/mol. The van der Waals surface area contributed by atoms with Gasteiger partial charge in [-0.2, -0.15) is 0 Å². The van der Waals surface area contributed by atoms with E-state index in [0.29, 0.717) is 17.9 Å². The molecule has 0 spiro atoms. The van der Waals surface area contributed by atoms with Crippen molar-refractivity contribution in [2.45, 2.75) is 32.1 Å². The third kappa shape index (κ3) is 2.59. The van der Waals surface area contributed by atoms with Gasteiger partial charge in [0.25, 0.3) is 0 Å². The van der Waals surface area contributed by atoms with E-state index in [0.717, 1.165) is 24.2 Å². The molecule has 4 nitrogen and oxygen atoms in total. The monoisotopic (exact) mass is 269 g/mol. The minimum absolute atomic E-state index is 0.656. The normalized spacial score (nSPS) is 13.8. The van der Waals surface area contributed by atoms with Gasteiger partial charge in [0.05, 0.1) is 12.8 Å². The summed E-state index contributed by atoms with van der Waals surface area (Å²) in [5.41, 5.74) is 10.2. The van der Waals surface area contributed by atoms with E-state index in [4.69, 9.17) is 15.5 Å². The van der Waals surface area contributed by atoms with E-state index in [-0.39, 0.29) is 0 Å². The Morgan fingerprint density at radius 3 is 2.90 bits per heavy atom. The third-order valence-electron chi connectivity index (χ3n) is 3.77. The first-order valence-electron chi connectivity index (χ1n) is 7.02. The van der Waals surface area contributed by atoms with Crippen molar-refractivity contribution >= 4 is 5.69 Å². The molecular weight excluding hydrogens is 250 g/mol. The van der Waals surface area contributed by atoms with Crippen LogP contribution in [-0.4, -0.2) is 17.1 Å². The second-order valence-corrected chi connectivity index (χ2v) is 5.22. The van der Waals surface area contributed by atoms with Crippen molar-refractivity contribution in [2.24, 2.45) is 0 Å². The van der Waals surface area contributed by atoms with Crippen molar-refractivity contribution < 1.29 is 4.74 Å². The van der Waals surface area contributed by atoms with Crippen LogP contribution in [0.3, 0.4) is 0 Å². The maximum Gasteiger partial charge on any atom is 0.141 e. The molecule has 104 valence electrons. The van der Waals surface area contributed by atoms with E-state index in [1.54, 1.807) is 7.11 Å². The van der Waals surface area contributed by atoms with Gasteiger partial charge in [0.1, 0.15) is 11.6 Å². The summed E-state index contributed by atoms with van der Waals surface area (Å²) < 4.78 is 5.17. The lowest BCUT2D eigenvalue weighted by atomic mass is 9.97. The fraction of sp³-hybridized carbons (Fsp3) is 0.375. The molecular formula is C16H19N3O. The van der Waals surface area contributed by atoms with Crippen molar-refractivity contribution in [1.82, 2.24) is 9.97 Å². The molecule has 0 fully saturated rings. The van der Waals surface area contributed by atoms with Crippen LogP contribution >= 0.6 is 0 Å². The molecule has 1 aromatic carbocycles. The lowest BCUT2D eigenvalue weighted by Crippen LogP contribution is -2.09. The summed E-state index contributed by atoms with van der Waals surface area (Å²) >= 11 is 0. The van der Waals surface area contributed by atoms with Gasteiger partial charge in [-0.05, 0) is 48.9 Å². The quantitative estimate of drug-likeness (QED) is 0.870. The van der Waals surface area contributed by atoms with E-state index < -0.39 is 0 Å². The second-order valence-electron chi connectivity index (χ2n) is 5.22. The Hall–Kier alpha value is -2.10. The number of rotatable bonds is 3. The summed E-state index contributed by atoms with van der Waals surface area (Å²) in [6, 6.07) is 5.84. The number of benzene rings is 1. The van der Waals surface area contributed by atoms with Crippen molar-refractivity contribution in [3.63, 3.8) is 0 Å². The average Bonchev–Trinajstić information content (AvgIpc) is 2.47. The molecule has 0 saturated carbocycles. The molecule has 4 heteroatoms. The Morgan fingerprint density at radius 2 is 2.10 bits per heavy atom. The smallest absolute Gasteiger partial charge is 0.141 e. The van der Waals surface area contributed by atoms with Gasteiger partial charge in [0.15, 0.2) is 0 Å². The molecule has 1 aliphatic carbocycles. The van der Waals surface area contributed by atoms with Gasteiger partial charge >= 0.3 is 0 Å². The van der Waals surface area contributed by atoms with E-state index in [2.05, 4.69) is 4.98 Å². The Balaban J connectivity index is 1.82. The zero-order chi connectivity index (χ0) is 13.9. The fourth-order valence-corrected chi connectivity index (χ4v) is 2.68.